The maximum atomic E-state index is 13.4. The summed E-state index contributed by atoms with van der Waals surface area (Å²) in [6, 6.07) is 4.89. The summed E-state index contributed by atoms with van der Waals surface area (Å²) >= 11 is 0. The molecular formula is C12H17FN2O. The summed E-state index contributed by atoms with van der Waals surface area (Å²) in [4.78, 5) is 13.0. The van der Waals surface area contributed by atoms with Gasteiger partial charge in [0, 0.05) is 13.6 Å². The Morgan fingerprint density at radius 1 is 1.50 bits per heavy atom. The zero-order chi connectivity index (χ0) is 12.1. The van der Waals surface area contributed by atoms with Gasteiger partial charge in [-0.1, -0.05) is 6.07 Å². The molecule has 0 saturated heterocycles. The van der Waals surface area contributed by atoms with Crippen molar-refractivity contribution in [1.29, 1.82) is 0 Å². The number of nitrogens with one attached hydrogen (secondary N) is 1. The summed E-state index contributed by atoms with van der Waals surface area (Å²) in [7, 11) is 1.72. The molecule has 0 aromatic heterocycles. The Labute approximate surface area is 95.3 Å². The summed E-state index contributed by atoms with van der Waals surface area (Å²) in [5, 5.41) is 2.79. The Kier molecular flexibility index (Phi) is 4.28. The Balaban J connectivity index is 2.58. The van der Waals surface area contributed by atoms with Gasteiger partial charge in [0.25, 0.3) is 0 Å². The van der Waals surface area contributed by atoms with Gasteiger partial charge < -0.3 is 10.2 Å². The number of amides is 1. The highest BCUT2D eigenvalue weighted by Gasteiger charge is 2.07. The summed E-state index contributed by atoms with van der Waals surface area (Å²) in [5.41, 5.74) is 1.23. The van der Waals surface area contributed by atoms with Crippen LogP contribution in [-0.2, 0) is 4.79 Å². The van der Waals surface area contributed by atoms with Gasteiger partial charge in [-0.3, -0.25) is 4.79 Å². The molecule has 1 rings (SSSR count). The van der Waals surface area contributed by atoms with Crippen LogP contribution in [0.15, 0.2) is 18.2 Å². The van der Waals surface area contributed by atoms with Gasteiger partial charge >= 0.3 is 0 Å². The first-order chi connectivity index (χ1) is 7.54. The number of anilines is 1. The molecule has 4 heteroatoms. The molecule has 0 saturated carbocycles. The first-order valence-corrected chi connectivity index (χ1v) is 5.28. The van der Waals surface area contributed by atoms with Crippen LogP contribution in [0.5, 0.6) is 0 Å². The topological polar surface area (TPSA) is 32.3 Å². The minimum Gasteiger partial charge on any atom is -0.374 e. The summed E-state index contributed by atoms with van der Waals surface area (Å²) < 4.78 is 13.4. The van der Waals surface area contributed by atoms with Crippen molar-refractivity contribution in [1.82, 2.24) is 4.90 Å². The van der Waals surface area contributed by atoms with Gasteiger partial charge in [0.15, 0.2) is 0 Å². The minimum absolute atomic E-state index is 0.0533. The monoisotopic (exact) mass is 224 g/mol. The Morgan fingerprint density at radius 3 is 2.75 bits per heavy atom. The summed E-state index contributed by atoms with van der Waals surface area (Å²) in [5.74, 6) is -0.380. The lowest BCUT2D eigenvalue weighted by Crippen LogP contribution is -2.32. The van der Waals surface area contributed by atoms with Crippen LogP contribution in [0.2, 0.25) is 0 Å². The Bertz CT molecular complexity index is 379. The van der Waals surface area contributed by atoms with E-state index in [0.29, 0.717) is 12.2 Å². The normalized spacial score (nSPS) is 10.0. The number of hydrogen-bond donors (Lipinski definition) is 1. The van der Waals surface area contributed by atoms with Crippen molar-refractivity contribution in [2.24, 2.45) is 0 Å². The zero-order valence-electron chi connectivity index (χ0n) is 9.88. The van der Waals surface area contributed by atoms with Crippen LogP contribution in [0, 0.1) is 12.7 Å². The second-order valence-corrected chi connectivity index (χ2v) is 3.74. The first kappa shape index (κ1) is 12.5. The van der Waals surface area contributed by atoms with Crippen molar-refractivity contribution < 1.29 is 9.18 Å². The van der Waals surface area contributed by atoms with E-state index < -0.39 is 0 Å². The highest BCUT2D eigenvalue weighted by molar-refractivity contribution is 5.80. The maximum absolute atomic E-state index is 13.4. The molecule has 0 aliphatic carbocycles. The van der Waals surface area contributed by atoms with E-state index in [4.69, 9.17) is 0 Å². The number of aryl methyl sites for hydroxylation is 1. The van der Waals surface area contributed by atoms with Crippen molar-refractivity contribution >= 4 is 11.6 Å². The highest BCUT2D eigenvalue weighted by atomic mass is 19.1. The average molecular weight is 224 g/mol. The Hall–Kier alpha value is -1.58. The maximum Gasteiger partial charge on any atom is 0.241 e. The molecule has 0 spiro atoms. The number of nitrogens with zero attached hydrogens (tertiary/aromatic N) is 1. The molecule has 0 heterocycles. The van der Waals surface area contributed by atoms with Crippen molar-refractivity contribution in [3.05, 3.63) is 29.6 Å². The van der Waals surface area contributed by atoms with E-state index in [-0.39, 0.29) is 18.3 Å². The molecule has 0 unspecified atom stereocenters. The first-order valence-electron chi connectivity index (χ1n) is 5.28. The quantitative estimate of drug-likeness (QED) is 0.848. The van der Waals surface area contributed by atoms with Gasteiger partial charge in [-0.25, -0.2) is 4.39 Å². The smallest absolute Gasteiger partial charge is 0.241 e. The predicted octanol–water partition coefficient (Wildman–Crippen LogP) is 2.02. The molecule has 1 amide bonds. The van der Waals surface area contributed by atoms with E-state index in [9.17, 15) is 9.18 Å². The van der Waals surface area contributed by atoms with Gasteiger partial charge in [0.1, 0.15) is 5.82 Å². The molecule has 1 aromatic carbocycles. The van der Waals surface area contributed by atoms with Crippen LogP contribution in [0.1, 0.15) is 12.5 Å². The standard InChI is InChI=1S/C12H17FN2O/c1-4-15(3)12(16)8-14-11-6-5-9(2)7-10(11)13/h5-7,14H,4,8H2,1-3H3. The van der Waals surface area contributed by atoms with Crippen LogP contribution in [-0.4, -0.2) is 30.9 Å². The number of benzene rings is 1. The van der Waals surface area contributed by atoms with Crippen molar-refractivity contribution in [3.63, 3.8) is 0 Å². The number of carbonyl (C=O) groups is 1. The van der Waals surface area contributed by atoms with Crippen LogP contribution in [0.25, 0.3) is 0 Å². The molecule has 0 aliphatic rings. The fourth-order valence-corrected chi connectivity index (χ4v) is 1.25. The highest BCUT2D eigenvalue weighted by Crippen LogP contribution is 2.14. The number of carbonyl (C=O) groups excluding carboxylic acids is 1. The van der Waals surface area contributed by atoms with Gasteiger partial charge in [-0.2, -0.15) is 0 Å². The van der Waals surface area contributed by atoms with E-state index in [1.165, 1.54) is 6.07 Å². The molecule has 3 nitrogen and oxygen atoms in total. The number of halogens is 1. The van der Waals surface area contributed by atoms with E-state index >= 15 is 0 Å². The average Bonchev–Trinajstić information content (AvgIpc) is 2.26. The molecule has 0 bridgehead atoms. The van der Waals surface area contributed by atoms with Crippen molar-refractivity contribution in [2.45, 2.75) is 13.8 Å². The van der Waals surface area contributed by atoms with Crippen LogP contribution < -0.4 is 5.32 Å². The lowest BCUT2D eigenvalue weighted by atomic mass is 10.2. The third-order valence-electron chi connectivity index (χ3n) is 2.45. The van der Waals surface area contributed by atoms with E-state index in [1.807, 2.05) is 13.8 Å². The molecular weight excluding hydrogens is 207 g/mol. The second kappa shape index (κ2) is 5.49. The molecule has 0 radical (unpaired) electrons. The zero-order valence-corrected chi connectivity index (χ0v) is 9.88. The Morgan fingerprint density at radius 2 is 2.19 bits per heavy atom. The number of rotatable bonds is 4. The van der Waals surface area contributed by atoms with Gasteiger partial charge in [0.05, 0.1) is 12.2 Å². The summed E-state index contributed by atoms with van der Waals surface area (Å²) in [6.07, 6.45) is 0. The van der Waals surface area contributed by atoms with Crippen molar-refractivity contribution in [3.8, 4) is 0 Å². The molecule has 16 heavy (non-hydrogen) atoms. The lowest BCUT2D eigenvalue weighted by molar-refractivity contribution is -0.127. The second-order valence-electron chi connectivity index (χ2n) is 3.74. The van der Waals surface area contributed by atoms with Crippen LogP contribution >= 0.6 is 0 Å². The molecule has 1 N–H and O–H groups in total. The van der Waals surface area contributed by atoms with E-state index in [1.54, 1.807) is 24.1 Å². The third kappa shape index (κ3) is 3.22. The SMILES string of the molecule is CCN(C)C(=O)CNc1ccc(C)cc1F. The third-order valence-corrected chi connectivity index (χ3v) is 2.45. The lowest BCUT2D eigenvalue weighted by Gasteiger charge is -2.15. The van der Waals surface area contributed by atoms with Gasteiger partial charge in [-0.05, 0) is 31.5 Å². The van der Waals surface area contributed by atoms with Crippen LogP contribution in [0.3, 0.4) is 0 Å². The fourth-order valence-electron chi connectivity index (χ4n) is 1.25. The largest absolute Gasteiger partial charge is 0.374 e. The number of hydrogen-bond acceptors (Lipinski definition) is 2. The predicted molar refractivity (Wildman–Crippen MR) is 62.9 cm³/mol. The molecule has 0 atom stereocenters. The summed E-state index contributed by atoms with van der Waals surface area (Å²) in [6.45, 7) is 4.48. The van der Waals surface area contributed by atoms with Gasteiger partial charge in [0.2, 0.25) is 5.91 Å². The molecule has 0 aliphatic heterocycles. The van der Waals surface area contributed by atoms with Gasteiger partial charge in [-0.15, -0.1) is 0 Å². The van der Waals surface area contributed by atoms with E-state index in [0.717, 1.165) is 5.56 Å². The van der Waals surface area contributed by atoms with Crippen LogP contribution in [0.4, 0.5) is 10.1 Å². The van der Waals surface area contributed by atoms with Crippen molar-refractivity contribution in [2.75, 3.05) is 25.5 Å². The molecule has 1 aromatic rings. The molecule has 88 valence electrons. The molecule has 0 fully saturated rings. The number of likely N-dealkylation sites (N-methyl/N-ethyl adjacent to an activating group) is 1. The van der Waals surface area contributed by atoms with E-state index in [2.05, 4.69) is 5.32 Å². The minimum atomic E-state index is -0.327. The fraction of sp³-hybridized carbons (Fsp3) is 0.417.